The molecule has 0 unspecified atom stereocenters. The van der Waals surface area contributed by atoms with Crippen molar-refractivity contribution in [3.63, 3.8) is 0 Å². The Morgan fingerprint density at radius 2 is 2.32 bits per heavy atom. The van der Waals surface area contributed by atoms with Gasteiger partial charge in [0, 0.05) is 12.1 Å². The summed E-state index contributed by atoms with van der Waals surface area (Å²) in [6.07, 6.45) is 2.41. The molecule has 0 atom stereocenters. The van der Waals surface area contributed by atoms with Crippen LogP contribution < -0.4 is 11.1 Å². The fraction of sp³-hybridized carbons (Fsp3) is 0.231. The molecule has 2 rings (SSSR count). The van der Waals surface area contributed by atoms with Crippen molar-refractivity contribution in [3.05, 3.63) is 46.6 Å². The van der Waals surface area contributed by atoms with Gasteiger partial charge in [0.15, 0.2) is 0 Å². The molecule has 19 heavy (non-hydrogen) atoms. The molecular weight excluding hydrogens is 266 g/mol. The Kier molecular flexibility index (Phi) is 4.06. The number of hydrogen-bond acceptors (Lipinski definition) is 4. The van der Waals surface area contributed by atoms with E-state index in [0.29, 0.717) is 16.6 Å². The summed E-state index contributed by atoms with van der Waals surface area (Å²) in [6.45, 7) is 2.16. The predicted molar refractivity (Wildman–Crippen MR) is 72.9 cm³/mol. The van der Waals surface area contributed by atoms with Crippen molar-refractivity contribution in [3.8, 4) is 0 Å². The van der Waals surface area contributed by atoms with Crippen LogP contribution in [-0.2, 0) is 13.0 Å². The zero-order chi connectivity index (χ0) is 13.8. The number of nitrogens with two attached hydrogens (primary N) is 1. The molecular formula is C13H14ClN3O2. The second-order valence-electron chi connectivity index (χ2n) is 3.96. The van der Waals surface area contributed by atoms with Crippen LogP contribution in [0.2, 0.25) is 5.02 Å². The number of nitrogens with zero attached hydrogens (tertiary/aromatic N) is 1. The number of nitrogen functional groups attached to an aromatic ring is 1. The standard InChI is InChI=1S/C13H14ClN3O2/c1-2-8-6-16-11(19-8)7-17-13(18)12-9(14)4-3-5-10(12)15/h3-6H,2,7,15H2,1H3,(H,17,18). The number of aryl methyl sites for hydroxylation is 1. The van der Waals surface area contributed by atoms with E-state index < -0.39 is 0 Å². The third kappa shape index (κ3) is 3.06. The molecule has 100 valence electrons. The lowest BCUT2D eigenvalue weighted by molar-refractivity contribution is 0.0948. The normalized spacial score (nSPS) is 10.4. The first-order valence-corrected chi connectivity index (χ1v) is 6.25. The number of nitrogens with one attached hydrogen (secondary N) is 1. The van der Waals surface area contributed by atoms with E-state index in [2.05, 4.69) is 10.3 Å². The molecule has 3 N–H and O–H groups in total. The van der Waals surface area contributed by atoms with E-state index in [9.17, 15) is 4.79 Å². The fourth-order valence-corrected chi connectivity index (χ4v) is 1.89. The lowest BCUT2D eigenvalue weighted by atomic mass is 10.1. The first-order chi connectivity index (χ1) is 9.11. The van der Waals surface area contributed by atoms with Crippen LogP contribution >= 0.6 is 11.6 Å². The Morgan fingerprint density at radius 3 is 2.95 bits per heavy atom. The van der Waals surface area contributed by atoms with Gasteiger partial charge in [-0.25, -0.2) is 4.98 Å². The molecule has 0 aliphatic carbocycles. The molecule has 0 aliphatic rings. The van der Waals surface area contributed by atoms with Gasteiger partial charge in [0.25, 0.3) is 5.91 Å². The number of carbonyl (C=O) groups is 1. The average Bonchev–Trinajstić information content (AvgIpc) is 2.84. The number of halogens is 1. The molecule has 0 fully saturated rings. The highest BCUT2D eigenvalue weighted by molar-refractivity contribution is 6.34. The molecule has 1 aromatic heterocycles. The van der Waals surface area contributed by atoms with Gasteiger partial charge >= 0.3 is 0 Å². The third-order valence-corrected chi connectivity index (χ3v) is 2.94. The molecule has 6 heteroatoms. The molecule has 0 aliphatic heterocycles. The Bertz CT molecular complexity index is 575. The summed E-state index contributed by atoms with van der Waals surface area (Å²) in [5.41, 5.74) is 6.34. The number of amides is 1. The highest BCUT2D eigenvalue weighted by Gasteiger charge is 2.14. The van der Waals surface area contributed by atoms with Gasteiger partial charge in [-0.3, -0.25) is 4.79 Å². The number of benzene rings is 1. The molecule has 1 aromatic carbocycles. The predicted octanol–water partition coefficient (Wildman–Crippen LogP) is 2.40. The van der Waals surface area contributed by atoms with Crippen LogP contribution in [0.1, 0.15) is 28.9 Å². The Morgan fingerprint density at radius 1 is 1.53 bits per heavy atom. The van der Waals surface area contributed by atoms with E-state index in [1.54, 1.807) is 24.4 Å². The lowest BCUT2D eigenvalue weighted by Gasteiger charge is -2.07. The zero-order valence-corrected chi connectivity index (χ0v) is 11.2. The van der Waals surface area contributed by atoms with Crippen LogP contribution in [0.4, 0.5) is 5.69 Å². The Hall–Kier alpha value is -2.01. The monoisotopic (exact) mass is 279 g/mol. The quantitative estimate of drug-likeness (QED) is 0.842. The molecule has 2 aromatic rings. The minimum atomic E-state index is -0.348. The second-order valence-corrected chi connectivity index (χ2v) is 4.37. The summed E-state index contributed by atoms with van der Waals surface area (Å²) in [6, 6.07) is 4.93. The molecule has 1 amide bonds. The van der Waals surface area contributed by atoms with E-state index >= 15 is 0 Å². The minimum Gasteiger partial charge on any atom is -0.444 e. The van der Waals surface area contributed by atoms with Gasteiger partial charge in [-0.05, 0) is 12.1 Å². The van der Waals surface area contributed by atoms with Gasteiger partial charge in [-0.15, -0.1) is 0 Å². The fourth-order valence-electron chi connectivity index (χ4n) is 1.62. The smallest absolute Gasteiger partial charge is 0.255 e. The molecule has 0 saturated heterocycles. The molecule has 5 nitrogen and oxygen atoms in total. The van der Waals surface area contributed by atoms with Crippen molar-refractivity contribution in [2.45, 2.75) is 19.9 Å². The first kappa shape index (κ1) is 13.4. The summed E-state index contributed by atoms with van der Waals surface area (Å²) >= 11 is 5.95. The van der Waals surface area contributed by atoms with Crippen molar-refractivity contribution in [2.75, 3.05) is 5.73 Å². The van der Waals surface area contributed by atoms with Crippen LogP contribution in [0.5, 0.6) is 0 Å². The van der Waals surface area contributed by atoms with E-state index in [0.717, 1.165) is 12.2 Å². The van der Waals surface area contributed by atoms with Crippen molar-refractivity contribution >= 4 is 23.2 Å². The molecule has 0 bridgehead atoms. The Balaban J connectivity index is 2.05. The van der Waals surface area contributed by atoms with Crippen molar-refractivity contribution in [1.82, 2.24) is 10.3 Å². The van der Waals surface area contributed by atoms with Crippen LogP contribution in [0.15, 0.2) is 28.8 Å². The lowest BCUT2D eigenvalue weighted by Crippen LogP contribution is -2.24. The third-order valence-electron chi connectivity index (χ3n) is 2.62. The maximum absolute atomic E-state index is 12.0. The van der Waals surface area contributed by atoms with Gasteiger partial charge in [0.1, 0.15) is 5.76 Å². The summed E-state index contributed by atoms with van der Waals surface area (Å²) in [5.74, 6) is 0.886. The van der Waals surface area contributed by atoms with E-state index in [1.807, 2.05) is 6.92 Å². The molecule has 0 saturated carbocycles. The van der Waals surface area contributed by atoms with Crippen LogP contribution in [0.25, 0.3) is 0 Å². The second kappa shape index (κ2) is 5.75. The molecule has 1 heterocycles. The van der Waals surface area contributed by atoms with Crippen molar-refractivity contribution in [1.29, 1.82) is 0 Å². The summed E-state index contributed by atoms with van der Waals surface area (Å²) < 4.78 is 5.39. The van der Waals surface area contributed by atoms with Crippen LogP contribution in [0.3, 0.4) is 0 Å². The van der Waals surface area contributed by atoms with Gasteiger partial charge in [-0.2, -0.15) is 0 Å². The Labute approximate surface area is 115 Å². The number of anilines is 1. The number of oxazole rings is 1. The van der Waals surface area contributed by atoms with Crippen molar-refractivity contribution in [2.24, 2.45) is 0 Å². The maximum atomic E-state index is 12.0. The number of carbonyl (C=O) groups excluding carboxylic acids is 1. The van der Waals surface area contributed by atoms with E-state index in [1.165, 1.54) is 0 Å². The first-order valence-electron chi connectivity index (χ1n) is 5.87. The summed E-state index contributed by atoms with van der Waals surface area (Å²) in [5, 5.41) is 2.99. The largest absolute Gasteiger partial charge is 0.444 e. The van der Waals surface area contributed by atoms with Gasteiger partial charge in [0.2, 0.25) is 5.89 Å². The highest BCUT2D eigenvalue weighted by atomic mass is 35.5. The van der Waals surface area contributed by atoms with Gasteiger partial charge < -0.3 is 15.5 Å². The number of aromatic nitrogens is 1. The number of rotatable bonds is 4. The van der Waals surface area contributed by atoms with E-state index in [4.69, 9.17) is 21.8 Å². The van der Waals surface area contributed by atoms with Crippen LogP contribution in [0, 0.1) is 0 Å². The molecule has 0 spiro atoms. The van der Waals surface area contributed by atoms with E-state index in [-0.39, 0.29) is 18.0 Å². The minimum absolute atomic E-state index is 0.198. The topological polar surface area (TPSA) is 81.2 Å². The summed E-state index contributed by atoms with van der Waals surface area (Å²) in [4.78, 5) is 16.0. The van der Waals surface area contributed by atoms with Gasteiger partial charge in [0.05, 0.1) is 23.3 Å². The van der Waals surface area contributed by atoms with Crippen LogP contribution in [-0.4, -0.2) is 10.9 Å². The highest BCUT2D eigenvalue weighted by Crippen LogP contribution is 2.21. The maximum Gasteiger partial charge on any atom is 0.255 e. The summed E-state index contributed by atoms with van der Waals surface area (Å²) in [7, 11) is 0. The van der Waals surface area contributed by atoms with Crippen molar-refractivity contribution < 1.29 is 9.21 Å². The number of hydrogen-bond donors (Lipinski definition) is 2. The SMILES string of the molecule is CCc1cnc(CNC(=O)c2c(N)cccc2Cl)o1. The molecule has 0 radical (unpaired) electrons. The average molecular weight is 280 g/mol. The van der Waals surface area contributed by atoms with Gasteiger partial charge in [-0.1, -0.05) is 24.6 Å². The zero-order valence-electron chi connectivity index (χ0n) is 10.4.